The van der Waals surface area contributed by atoms with Crippen molar-refractivity contribution < 1.29 is 4.74 Å². The molecule has 0 aromatic rings. The zero-order chi connectivity index (χ0) is 10.8. The van der Waals surface area contributed by atoms with E-state index in [-0.39, 0.29) is 11.2 Å². The summed E-state index contributed by atoms with van der Waals surface area (Å²) in [5, 5.41) is 0. The van der Waals surface area contributed by atoms with Crippen LogP contribution in [0.4, 0.5) is 0 Å². The highest BCUT2D eigenvalue weighted by molar-refractivity contribution is 5.10. The monoisotopic (exact) mass is 198 g/mol. The second kappa shape index (κ2) is 4.22. The molecular weight excluding hydrogens is 172 g/mol. The van der Waals surface area contributed by atoms with Crippen LogP contribution >= 0.6 is 0 Å². The Morgan fingerprint density at radius 2 is 1.64 bits per heavy atom. The van der Waals surface area contributed by atoms with Crippen LogP contribution in [-0.2, 0) is 4.74 Å². The van der Waals surface area contributed by atoms with Gasteiger partial charge < -0.3 is 4.74 Å². The first-order chi connectivity index (χ1) is 6.44. The van der Waals surface area contributed by atoms with Crippen molar-refractivity contribution in [3.8, 4) is 0 Å². The maximum Gasteiger partial charge on any atom is 0.0971 e. The molecule has 0 aromatic carbocycles. The van der Waals surface area contributed by atoms with Crippen LogP contribution < -0.4 is 0 Å². The zero-order valence-corrected chi connectivity index (χ0v) is 10.5. The molecule has 0 spiro atoms. The lowest BCUT2D eigenvalue weighted by Gasteiger charge is -2.18. The Morgan fingerprint density at radius 1 is 1.07 bits per heavy atom. The van der Waals surface area contributed by atoms with E-state index in [1.165, 1.54) is 32.1 Å². The zero-order valence-electron chi connectivity index (χ0n) is 10.5. The van der Waals surface area contributed by atoms with Crippen molar-refractivity contribution >= 4 is 0 Å². The van der Waals surface area contributed by atoms with Crippen molar-refractivity contribution in [2.75, 3.05) is 0 Å². The number of hydrogen-bond donors (Lipinski definition) is 0. The molecule has 2 unspecified atom stereocenters. The fourth-order valence-corrected chi connectivity index (χ4v) is 2.35. The van der Waals surface area contributed by atoms with Crippen molar-refractivity contribution in [2.24, 2.45) is 5.92 Å². The molecular formula is C13H26O. The molecule has 1 heterocycles. The molecule has 0 amide bonds. The topological polar surface area (TPSA) is 12.5 Å². The van der Waals surface area contributed by atoms with Gasteiger partial charge in [0.1, 0.15) is 0 Å². The molecule has 0 aliphatic carbocycles. The summed E-state index contributed by atoms with van der Waals surface area (Å²) < 4.78 is 5.81. The maximum atomic E-state index is 5.81. The number of rotatable bonds is 6. The highest BCUT2D eigenvalue weighted by atomic mass is 16.6. The van der Waals surface area contributed by atoms with Crippen LogP contribution in [-0.4, -0.2) is 11.2 Å². The van der Waals surface area contributed by atoms with Gasteiger partial charge >= 0.3 is 0 Å². The fourth-order valence-electron chi connectivity index (χ4n) is 2.35. The molecule has 1 saturated heterocycles. The molecule has 1 aliphatic heterocycles. The molecule has 0 N–H and O–H groups in total. The predicted octanol–water partition coefficient (Wildman–Crippen LogP) is 4.16. The summed E-state index contributed by atoms with van der Waals surface area (Å²) in [5.41, 5.74) is 0.274. The summed E-state index contributed by atoms with van der Waals surface area (Å²) in [5.74, 6) is 0.703. The molecule has 0 radical (unpaired) electrons. The Balaban J connectivity index is 2.20. The maximum absolute atomic E-state index is 5.81. The molecule has 2 atom stereocenters. The molecule has 1 heteroatoms. The van der Waals surface area contributed by atoms with Crippen LogP contribution in [0.2, 0.25) is 0 Å². The van der Waals surface area contributed by atoms with E-state index >= 15 is 0 Å². The fraction of sp³-hybridized carbons (Fsp3) is 1.00. The van der Waals surface area contributed by atoms with Crippen molar-refractivity contribution in [1.82, 2.24) is 0 Å². The lowest BCUT2D eigenvalue weighted by atomic mass is 9.83. The highest BCUT2D eigenvalue weighted by Crippen LogP contribution is 2.53. The standard InChI is InChI=1S/C13H26O/c1-6-7-8-9-10-11(2)13(5)12(3,4)14-13/h11H,6-10H2,1-5H3. The van der Waals surface area contributed by atoms with Gasteiger partial charge in [-0.15, -0.1) is 0 Å². The minimum absolute atomic E-state index is 0.122. The third kappa shape index (κ3) is 2.31. The molecule has 14 heavy (non-hydrogen) atoms. The number of ether oxygens (including phenoxy) is 1. The van der Waals surface area contributed by atoms with Gasteiger partial charge in [0.15, 0.2) is 0 Å². The van der Waals surface area contributed by atoms with Gasteiger partial charge in [-0.25, -0.2) is 0 Å². The quantitative estimate of drug-likeness (QED) is 0.461. The summed E-state index contributed by atoms with van der Waals surface area (Å²) in [6.45, 7) is 11.3. The van der Waals surface area contributed by atoms with E-state index < -0.39 is 0 Å². The van der Waals surface area contributed by atoms with Crippen LogP contribution in [0, 0.1) is 5.92 Å². The summed E-state index contributed by atoms with van der Waals surface area (Å²) in [6, 6.07) is 0. The largest absolute Gasteiger partial charge is 0.363 e. The summed E-state index contributed by atoms with van der Waals surface area (Å²) in [7, 11) is 0. The Bertz CT molecular complexity index is 186. The van der Waals surface area contributed by atoms with E-state index in [1.54, 1.807) is 0 Å². The predicted molar refractivity (Wildman–Crippen MR) is 61.5 cm³/mol. The van der Waals surface area contributed by atoms with E-state index in [9.17, 15) is 0 Å². The van der Waals surface area contributed by atoms with E-state index in [0.29, 0.717) is 5.92 Å². The van der Waals surface area contributed by atoms with Crippen LogP contribution in [0.3, 0.4) is 0 Å². The summed E-state index contributed by atoms with van der Waals surface area (Å²) in [4.78, 5) is 0. The number of hydrogen-bond acceptors (Lipinski definition) is 1. The average molecular weight is 198 g/mol. The summed E-state index contributed by atoms with van der Waals surface area (Å²) >= 11 is 0. The van der Waals surface area contributed by atoms with Gasteiger partial charge in [0, 0.05) is 0 Å². The minimum Gasteiger partial charge on any atom is -0.363 e. The van der Waals surface area contributed by atoms with Gasteiger partial charge in [0.2, 0.25) is 0 Å². The highest BCUT2D eigenvalue weighted by Gasteiger charge is 2.62. The summed E-state index contributed by atoms with van der Waals surface area (Å²) in [6.07, 6.45) is 6.78. The first kappa shape index (κ1) is 12.0. The molecule has 0 aromatic heterocycles. The van der Waals surface area contributed by atoms with Crippen LogP contribution in [0.5, 0.6) is 0 Å². The molecule has 1 nitrogen and oxygen atoms in total. The van der Waals surface area contributed by atoms with E-state index in [4.69, 9.17) is 4.74 Å². The molecule has 1 aliphatic rings. The number of unbranched alkanes of at least 4 members (excludes halogenated alkanes) is 3. The Hall–Kier alpha value is -0.0400. The van der Waals surface area contributed by atoms with E-state index in [1.807, 2.05) is 0 Å². The van der Waals surface area contributed by atoms with Crippen LogP contribution in [0.1, 0.15) is 66.7 Å². The van der Waals surface area contributed by atoms with Crippen LogP contribution in [0.25, 0.3) is 0 Å². The van der Waals surface area contributed by atoms with Gasteiger partial charge in [-0.2, -0.15) is 0 Å². The van der Waals surface area contributed by atoms with Crippen molar-refractivity contribution in [2.45, 2.75) is 77.9 Å². The molecule has 0 bridgehead atoms. The van der Waals surface area contributed by atoms with Gasteiger partial charge in [-0.1, -0.05) is 39.5 Å². The third-order valence-corrected chi connectivity index (χ3v) is 4.05. The lowest BCUT2D eigenvalue weighted by Crippen LogP contribution is -2.25. The Morgan fingerprint density at radius 3 is 2.07 bits per heavy atom. The SMILES string of the molecule is CCCCCCC(C)C1(C)OC1(C)C. The normalized spacial score (nSPS) is 31.5. The molecule has 0 saturated carbocycles. The van der Waals surface area contributed by atoms with Gasteiger partial charge in [0.25, 0.3) is 0 Å². The van der Waals surface area contributed by atoms with Crippen molar-refractivity contribution in [3.63, 3.8) is 0 Å². The molecule has 1 fully saturated rings. The van der Waals surface area contributed by atoms with E-state index in [2.05, 4.69) is 34.6 Å². The Labute approximate surface area is 89.2 Å². The van der Waals surface area contributed by atoms with Crippen molar-refractivity contribution in [1.29, 1.82) is 0 Å². The molecule has 84 valence electrons. The van der Waals surface area contributed by atoms with Gasteiger partial charge in [-0.3, -0.25) is 0 Å². The smallest absolute Gasteiger partial charge is 0.0971 e. The Kier molecular flexibility index (Phi) is 3.63. The van der Waals surface area contributed by atoms with Crippen LogP contribution in [0.15, 0.2) is 0 Å². The molecule has 1 rings (SSSR count). The second-order valence-corrected chi connectivity index (χ2v) is 5.47. The van der Waals surface area contributed by atoms with Gasteiger partial charge in [0.05, 0.1) is 11.2 Å². The second-order valence-electron chi connectivity index (χ2n) is 5.47. The average Bonchev–Trinajstić information content (AvgIpc) is 2.61. The van der Waals surface area contributed by atoms with Crippen molar-refractivity contribution in [3.05, 3.63) is 0 Å². The first-order valence-electron chi connectivity index (χ1n) is 6.14. The van der Waals surface area contributed by atoms with Gasteiger partial charge in [-0.05, 0) is 33.1 Å². The number of epoxide rings is 1. The first-order valence-corrected chi connectivity index (χ1v) is 6.14. The lowest BCUT2D eigenvalue weighted by molar-refractivity contribution is 0.225. The van der Waals surface area contributed by atoms with E-state index in [0.717, 1.165) is 0 Å². The third-order valence-electron chi connectivity index (χ3n) is 4.05. The minimum atomic E-state index is 0.122.